The van der Waals surface area contributed by atoms with Crippen molar-refractivity contribution < 1.29 is 4.79 Å². The summed E-state index contributed by atoms with van der Waals surface area (Å²) in [5.74, 6) is -0.0614. The van der Waals surface area contributed by atoms with Crippen LogP contribution >= 0.6 is 12.2 Å². The van der Waals surface area contributed by atoms with Crippen LogP contribution in [0.4, 0.5) is 11.4 Å². The molecule has 1 amide bonds. The normalized spacial score (nSPS) is 10.4. The molecule has 2 rings (SSSR count). The highest BCUT2D eigenvalue weighted by Gasteiger charge is 2.06. The number of likely N-dealkylation sites (N-methyl/N-ethyl adjacent to an activating group) is 1. The van der Waals surface area contributed by atoms with Crippen molar-refractivity contribution in [2.24, 2.45) is 0 Å². The molecule has 0 aromatic heterocycles. The van der Waals surface area contributed by atoms with Gasteiger partial charge in [-0.1, -0.05) is 32.0 Å². The number of carbonyl (C=O) groups is 1. The van der Waals surface area contributed by atoms with Crippen molar-refractivity contribution in [1.82, 2.24) is 10.2 Å². The van der Waals surface area contributed by atoms with Crippen molar-refractivity contribution in [3.63, 3.8) is 0 Å². The van der Waals surface area contributed by atoms with E-state index in [1.54, 1.807) is 12.1 Å². The maximum Gasteiger partial charge on any atom is 0.251 e. The zero-order chi connectivity index (χ0) is 18.8. The molecule has 0 atom stereocenters. The third-order valence-electron chi connectivity index (χ3n) is 4.04. The zero-order valence-corrected chi connectivity index (χ0v) is 16.1. The lowest BCUT2D eigenvalue weighted by atomic mass is 10.2. The summed E-state index contributed by atoms with van der Waals surface area (Å²) < 4.78 is 0. The SMILES string of the molecule is CCN(CC)CCNC(=O)c1ccc(NC(=S)Nc2ccccc2)cc1. The zero-order valence-electron chi connectivity index (χ0n) is 15.3. The van der Waals surface area contributed by atoms with Gasteiger partial charge in [-0.3, -0.25) is 4.79 Å². The summed E-state index contributed by atoms with van der Waals surface area (Å²) in [6.45, 7) is 7.72. The number of hydrogen-bond donors (Lipinski definition) is 3. The smallest absolute Gasteiger partial charge is 0.251 e. The molecule has 0 aliphatic rings. The van der Waals surface area contributed by atoms with E-state index in [2.05, 4.69) is 34.7 Å². The average molecular weight is 371 g/mol. The molecule has 2 aromatic carbocycles. The van der Waals surface area contributed by atoms with Crippen LogP contribution in [0.25, 0.3) is 0 Å². The lowest BCUT2D eigenvalue weighted by molar-refractivity contribution is 0.0949. The Bertz CT molecular complexity index is 700. The molecule has 0 bridgehead atoms. The van der Waals surface area contributed by atoms with Crippen molar-refractivity contribution >= 4 is 34.6 Å². The molecule has 0 unspecified atom stereocenters. The Morgan fingerprint density at radius 2 is 1.50 bits per heavy atom. The maximum absolute atomic E-state index is 12.2. The molecule has 0 aliphatic heterocycles. The summed E-state index contributed by atoms with van der Waals surface area (Å²) >= 11 is 5.30. The van der Waals surface area contributed by atoms with E-state index in [0.29, 0.717) is 17.2 Å². The van der Waals surface area contributed by atoms with Crippen molar-refractivity contribution in [3.05, 3.63) is 60.2 Å². The molecule has 5 nitrogen and oxygen atoms in total. The first-order valence-electron chi connectivity index (χ1n) is 8.86. The van der Waals surface area contributed by atoms with E-state index in [1.165, 1.54) is 0 Å². The van der Waals surface area contributed by atoms with Crippen LogP contribution in [0.2, 0.25) is 0 Å². The number of nitrogens with zero attached hydrogens (tertiary/aromatic N) is 1. The van der Waals surface area contributed by atoms with Crippen LogP contribution in [-0.2, 0) is 0 Å². The minimum Gasteiger partial charge on any atom is -0.351 e. The van der Waals surface area contributed by atoms with Gasteiger partial charge in [0.05, 0.1) is 0 Å². The second-order valence-electron chi connectivity index (χ2n) is 5.81. The van der Waals surface area contributed by atoms with Gasteiger partial charge in [0.2, 0.25) is 0 Å². The van der Waals surface area contributed by atoms with Crippen LogP contribution in [0, 0.1) is 0 Å². The molecule has 0 radical (unpaired) electrons. The standard InChI is InChI=1S/C20H26N4OS/c1-3-24(4-2)15-14-21-19(25)16-10-12-18(13-11-16)23-20(26)22-17-8-6-5-7-9-17/h5-13H,3-4,14-15H2,1-2H3,(H,21,25)(H2,22,23,26). The largest absolute Gasteiger partial charge is 0.351 e. The first-order chi connectivity index (χ1) is 12.6. The number of rotatable bonds is 8. The topological polar surface area (TPSA) is 56.4 Å². The van der Waals surface area contributed by atoms with E-state index >= 15 is 0 Å². The first-order valence-corrected chi connectivity index (χ1v) is 9.26. The van der Waals surface area contributed by atoms with Gasteiger partial charge in [0.1, 0.15) is 0 Å². The molecule has 26 heavy (non-hydrogen) atoms. The van der Waals surface area contributed by atoms with Gasteiger partial charge in [0, 0.05) is 30.0 Å². The highest BCUT2D eigenvalue weighted by atomic mass is 32.1. The predicted octanol–water partition coefficient (Wildman–Crippen LogP) is 3.57. The van der Waals surface area contributed by atoms with Gasteiger partial charge in [-0.05, 0) is 61.7 Å². The van der Waals surface area contributed by atoms with Gasteiger partial charge in [0.15, 0.2) is 5.11 Å². The van der Waals surface area contributed by atoms with Gasteiger partial charge in [-0.2, -0.15) is 0 Å². The molecule has 3 N–H and O–H groups in total. The fourth-order valence-electron chi connectivity index (χ4n) is 2.49. The molecule has 0 fully saturated rings. The van der Waals surface area contributed by atoms with Crippen LogP contribution in [0.3, 0.4) is 0 Å². The number of anilines is 2. The number of carbonyl (C=O) groups excluding carboxylic acids is 1. The molecule has 0 heterocycles. The third-order valence-corrected chi connectivity index (χ3v) is 4.25. The fourth-order valence-corrected chi connectivity index (χ4v) is 2.73. The van der Waals surface area contributed by atoms with Crippen LogP contribution in [0.15, 0.2) is 54.6 Å². The molecule has 0 spiro atoms. The maximum atomic E-state index is 12.2. The van der Waals surface area contributed by atoms with Crippen molar-refractivity contribution in [3.8, 4) is 0 Å². The first kappa shape index (κ1) is 19.9. The molecule has 2 aromatic rings. The van der Waals surface area contributed by atoms with Crippen LogP contribution < -0.4 is 16.0 Å². The number of para-hydroxylation sites is 1. The summed E-state index contributed by atoms with van der Waals surface area (Å²) in [5, 5.41) is 9.68. The molecule has 0 saturated heterocycles. The Hall–Kier alpha value is -2.44. The van der Waals surface area contributed by atoms with Crippen LogP contribution in [0.1, 0.15) is 24.2 Å². The second kappa shape index (κ2) is 10.5. The highest BCUT2D eigenvalue weighted by molar-refractivity contribution is 7.80. The van der Waals surface area contributed by atoms with E-state index < -0.39 is 0 Å². The van der Waals surface area contributed by atoms with E-state index in [-0.39, 0.29) is 5.91 Å². The minimum absolute atomic E-state index is 0.0614. The van der Waals surface area contributed by atoms with Crippen molar-refractivity contribution in [1.29, 1.82) is 0 Å². The number of benzene rings is 2. The Labute approximate surface area is 160 Å². The van der Waals surface area contributed by atoms with E-state index in [0.717, 1.165) is 31.0 Å². The molecule has 6 heteroatoms. The molecular formula is C20H26N4OS. The second-order valence-corrected chi connectivity index (χ2v) is 6.21. The van der Waals surface area contributed by atoms with Crippen LogP contribution in [0.5, 0.6) is 0 Å². The van der Waals surface area contributed by atoms with Gasteiger partial charge in [-0.15, -0.1) is 0 Å². The van der Waals surface area contributed by atoms with Gasteiger partial charge < -0.3 is 20.9 Å². The lowest BCUT2D eigenvalue weighted by Gasteiger charge is -2.18. The number of hydrogen-bond acceptors (Lipinski definition) is 3. The molecule has 138 valence electrons. The molecule has 0 saturated carbocycles. The van der Waals surface area contributed by atoms with Crippen molar-refractivity contribution in [2.75, 3.05) is 36.8 Å². The number of amides is 1. The van der Waals surface area contributed by atoms with Gasteiger partial charge >= 0.3 is 0 Å². The summed E-state index contributed by atoms with van der Waals surface area (Å²) in [6, 6.07) is 17.0. The minimum atomic E-state index is -0.0614. The quantitative estimate of drug-likeness (QED) is 0.620. The van der Waals surface area contributed by atoms with Crippen LogP contribution in [-0.4, -0.2) is 42.1 Å². The Morgan fingerprint density at radius 3 is 2.08 bits per heavy atom. The average Bonchev–Trinajstić information content (AvgIpc) is 2.66. The summed E-state index contributed by atoms with van der Waals surface area (Å²) in [7, 11) is 0. The summed E-state index contributed by atoms with van der Waals surface area (Å²) in [6.07, 6.45) is 0. The van der Waals surface area contributed by atoms with Gasteiger partial charge in [0.25, 0.3) is 5.91 Å². The molecular weight excluding hydrogens is 344 g/mol. The summed E-state index contributed by atoms with van der Waals surface area (Å²) in [4.78, 5) is 14.5. The van der Waals surface area contributed by atoms with E-state index in [9.17, 15) is 4.79 Å². The Morgan fingerprint density at radius 1 is 0.923 bits per heavy atom. The Balaban J connectivity index is 1.81. The number of nitrogens with one attached hydrogen (secondary N) is 3. The van der Waals surface area contributed by atoms with Gasteiger partial charge in [-0.25, -0.2) is 0 Å². The fraction of sp³-hybridized carbons (Fsp3) is 0.300. The highest BCUT2D eigenvalue weighted by Crippen LogP contribution is 2.11. The van der Waals surface area contributed by atoms with E-state index in [4.69, 9.17) is 12.2 Å². The summed E-state index contributed by atoms with van der Waals surface area (Å²) in [5.41, 5.74) is 2.39. The number of thiocarbonyl (C=S) groups is 1. The van der Waals surface area contributed by atoms with E-state index in [1.807, 2.05) is 42.5 Å². The van der Waals surface area contributed by atoms with Crippen molar-refractivity contribution in [2.45, 2.75) is 13.8 Å². The monoisotopic (exact) mass is 370 g/mol. The molecule has 0 aliphatic carbocycles. The predicted molar refractivity (Wildman–Crippen MR) is 113 cm³/mol. The lowest BCUT2D eigenvalue weighted by Crippen LogP contribution is -2.34. The Kier molecular flexibility index (Phi) is 8.05. The third kappa shape index (κ3) is 6.46.